The van der Waals surface area contributed by atoms with Gasteiger partial charge in [0.05, 0.1) is 30.2 Å². The normalized spacial score (nSPS) is 11.3. The second-order valence-electron chi connectivity index (χ2n) is 6.21. The van der Waals surface area contributed by atoms with Crippen LogP contribution in [0.5, 0.6) is 5.75 Å². The zero-order valence-corrected chi connectivity index (χ0v) is 16.3. The van der Waals surface area contributed by atoms with Crippen molar-refractivity contribution >= 4 is 21.6 Å². The number of amides is 1. The highest BCUT2D eigenvalue weighted by atomic mass is 32.2. The van der Waals surface area contributed by atoms with Gasteiger partial charge in [0.2, 0.25) is 10.0 Å². The number of anilines is 1. The standard InChI is InChI=1S/C19H23FN2O4S/c1-14(2)26-18-11-7-6-10-17(18)22(27(3,24)25)13-12-21-19(23)15-8-4-5-9-16(15)20/h4-11,14H,12-13H2,1-3H3,(H,21,23). The molecule has 0 aliphatic rings. The van der Waals surface area contributed by atoms with E-state index < -0.39 is 21.7 Å². The van der Waals surface area contributed by atoms with E-state index in [9.17, 15) is 17.6 Å². The lowest BCUT2D eigenvalue weighted by Gasteiger charge is -2.25. The molecule has 0 atom stereocenters. The molecule has 0 heterocycles. The van der Waals surface area contributed by atoms with Gasteiger partial charge in [-0.05, 0) is 38.1 Å². The number of benzene rings is 2. The maximum absolute atomic E-state index is 13.7. The number of halogens is 1. The summed E-state index contributed by atoms with van der Waals surface area (Å²) in [4.78, 5) is 12.1. The highest BCUT2D eigenvalue weighted by molar-refractivity contribution is 7.92. The van der Waals surface area contributed by atoms with E-state index >= 15 is 0 Å². The Hall–Kier alpha value is -2.61. The van der Waals surface area contributed by atoms with Crippen LogP contribution in [0.3, 0.4) is 0 Å². The van der Waals surface area contributed by atoms with E-state index in [-0.39, 0.29) is 24.8 Å². The van der Waals surface area contributed by atoms with E-state index in [1.165, 1.54) is 18.2 Å². The fraction of sp³-hybridized carbons (Fsp3) is 0.316. The number of rotatable bonds is 8. The minimum Gasteiger partial charge on any atom is -0.489 e. The predicted molar refractivity (Wildman–Crippen MR) is 103 cm³/mol. The number of sulfonamides is 1. The maximum atomic E-state index is 13.7. The van der Waals surface area contributed by atoms with Gasteiger partial charge in [-0.15, -0.1) is 0 Å². The summed E-state index contributed by atoms with van der Waals surface area (Å²) >= 11 is 0. The van der Waals surface area contributed by atoms with Crippen molar-refractivity contribution in [3.63, 3.8) is 0 Å². The first-order valence-electron chi connectivity index (χ1n) is 8.46. The smallest absolute Gasteiger partial charge is 0.254 e. The number of ether oxygens (including phenoxy) is 1. The summed E-state index contributed by atoms with van der Waals surface area (Å²) in [7, 11) is -3.62. The van der Waals surface area contributed by atoms with Crippen molar-refractivity contribution in [1.82, 2.24) is 5.32 Å². The van der Waals surface area contributed by atoms with Gasteiger partial charge >= 0.3 is 0 Å². The van der Waals surface area contributed by atoms with Crippen LogP contribution in [0.2, 0.25) is 0 Å². The molecule has 0 spiro atoms. The quantitative estimate of drug-likeness (QED) is 0.747. The number of carbonyl (C=O) groups excluding carboxylic acids is 1. The molecule has 0 aliphatic carbocycles. The fourth-order valence-electron chi connectivity index (χ4n) is 2.49. The van der Waals surface area contributed by atoms with Crippen molar-refractivity contribution in [2.24, 2.45) is 0 Å². The van der Waals surface area contributed by atoms with Crippen LogP contribution in [0, 0.1) is 5.82 Å². The lowest BCUT2D eigenvalue weighted by molar-refractivity contribution is 0.0951. The molecule has 0 unspecified atom stereocenters. The lowest BCUT2D eigenvalue weighted by Crippen LogP contribution is -2.38. The van der Waals surface area contributed by atoms with E-state index in [0.717, 1.165) is 10.6 Å². The van der Waals surface area contributed by atoms with Crippen molar-refractivity contribution in [2.75, 3.05) is 23.7 Å². The van der Waals surface area contributed by atoms with E-state index in [1.807, 2.05) is 13.8 Å². The third kappa shape index (κ3) is 5.68. The molecule has 0 fully saturated rings. The zero-order chi connectivity index (χ0) is 20.0. The molecule has 146 valence electrons. The topological polar surface area (TPSA) is 75.7 Å². The van der Waals surface area contributed by atoms with Crippen LogP contribution in [0.25, 0.3) is 0 Å². The van der Waals surface area contributed by atoms with Crippen LogP contribution < -0.4 is 14.4 Å². The monoisotopic (exact) mass is 394 g/mol. The Labute approximate surface area is 159 Å². The van der Waals surface area contributed by atoms with Crippen molar-refractivity contribution < 1.29 is 22.3 Å². The van der Waals surface area contributed by atoms with Gasteiger partial charge in [0, 0.05) is 6.54 Å². The average Bonchev–Trinajstić information content (AvgIpc) is 2.58. The number of para-hydroxylation sites is 2. The minimum absolute atomic E-state index is 0.0102. The van der Waals surface area contributed by atoms with Crippen molar-refractivity contribution in [1.29, 1.82) is 0 Å². The summed E-state index contributed by atoms with van der Waals surface area (Å²) in [5.41, 5.74) is 0.292. The Morgan fingerprint density at radius 2 is 1.78 bits per heavy atom. The molecule has 0 saturated carbocycles. The van der Waals surface area contributed by atoms with E-state index in [0.29, 0.717) is 11.4 Å². The molecular formula is C19H23FN2O4S. The van der Waals surface area contributed by atoms with E-state index in [1.54, 1.807) is 30.3 Å². The molecule has 8 heteroatoms. The van der Waals surface area contributed by atoms with Gasteiger partial charge in [0.1, 0.15) is 11.6 Å². The third-order valence-corrected chi connectivity index (χ3v) is 4.80. The average molecular weight is 394 g/mol. The number of nitrogens with zero attached hydrogens (tertiary/aromatic N) is 1. The van der Waals surface area contributed by atoms with Crippen LogP contribution in [-0.2, 0) is 10.0 Å². The number of nitrogens with one attached hydrogen (secondary N) is 1. The predicted octanol–water partition coefficient (Wildman–Crippen LogP) is 2.81. The molecule has 6 nitrogen and oxygen atoms in total. The third-order valence-electron chi connectivity index (χ3n) is 3.62. The van der Waals surface area contributed by atoms with Gasteiger partial charge < -0.3 is 10.1 Å². The number of hydrogen-bond acceptors (Lipinski definition) is 4. The highest BCUT2D eigenvalue weighted by Crippen LogP contribution is 2.30. The Morgan fingerprint density at radius 1 is 1.15 bits per heavy atom. The van der Waals surface area contributed by atoms with Crippen LogP contribution in [0.15, 0.2) is 48.5 Å². The molecule has 0 aliphatic heterocycles. The van der Waals surface area contributed by atoms with Crippen molar-refractivity contribution in [2.45, 2.75) is 20.0 Å². The minimum atomic E-state index is -3.62. The largest absolute Gasteiger partial charge is 0.489 e. The molecule has 2 aromatic carbocycles. The molecule has 0 aromatic heterocycles. The highest BCUT2D eigenvalue weighted by Gasteiger charge is 2.22. The Kier molecular flexibility index (Phi) is 6.79. The molecule has 1 N–H and O–H groups in total. The molecule has 2 aromatic rings. The number of hydrogen-bond donors (Lipinski definition) is 1. The molecule has 1 amide bonds. The van der Waals surface area contributed by atoms with Gasteiger partial charge in [-0.1, -0.05) is 24.3 Å². The summed E-state index contributed by atoms with van der Waals surface area (Å²) in [6, 6.07) is 12.4. The summed E-state index contributed by atoms with van der Waals surface area (Å²) in [5, 5.41) is 2.55. The zero-order valence-electron chi connectivity index (χ0n) is 15.5. The second kappa shape index (κ2) is 8.85. The first kappa shape index (κ1) is 20.7. The molecule has 27 heavy (non-hydrogen) atoms. The van der Waals surface area contributed by atoms with Crippen LogP contribution in [-0.4, -0.2) is 39.8 Å². The van der Waals surface area contributed by atoms with Crippen molar-refractivity contribution in [3.05, 3.63) is 59.9 Å². The maximum Gasteiger partial charge on any atom is 0.254 e. The Morgan fingerprint density at radius 3 is 2.41 bits per heavy atom. The summed E-state index contributed by atoms with van der Waals surface area (Å²) < 4.78 is 45.1. The first-order valence-corrected chi connectivity index (χ1v) is 10.3. The van der Waals surface area contributed by atoms with Crippen LogP contribution in [0.4, 0.5) is 10.1 Å². The van der Waals surface area contributed by atoms with Crippen LogP contribution >= 0.6 is 0 Å². The summed E-state index contributed by atoms with van der Waals surface area (Å²) in [6.45, 7) is 3.68. The van der Waals surface area contributed by atoms with Crippen LogP contribution in [0.1, 0.15) is 24.2 Å². The Balaban J connectivity index is 2.15. The summed E-state index contributed by atoms with van der Waals surface area (Å²) in [6.07, 6.45) is 0.950. The van der Waals surface area contributed by atoms with E-state index in [2.05, 4.69) is 5.32 Å². The lowest BCUT2D eigenvalue weighted by atomic mass is 10.2. The van der Waals surface area contributed by atoms with Gasteiger partial charge in [-0.2, -0.15) is 0 Å². The number of carbonyl (C=O) groups is 1. The second-order valence-corrected chi connectivity index (χ2v) is 8.11. The van der Waals surface area contributed by atoms with Gasteiger partial charge in [-0.25, -0.2) is 12.8 Å². The fourth-order valence-corrected chi connectivity index (χ4v) is 3.42. The van der Waals surface area contributed by atoms with Gasteiger partial charge in [0.25, 0.3) is 5.91 Å². The molecule has 2 rings (SSSR count). The summed E-state index contributed by atoms with van der Waals surface area (Å²) in [5.74, 6) is -0.808. The van der Waals surface area contributed by atoms with Crippen molar-refractivity contribution in [3.8, 4) is 5.75 Å². The molecule has 0 radical (unpaired) electrons. The van der Waals surface area contributed by atoms with Gasteiger partial charge in [0.15, 0.2) is 0 Å². The van der Waals surface area contributed by atoms with Gasteiger partial charge in [-0.3, -0.25) is 9.10 Å². The van der Waals surface area contributed by atoms with E-state index in [4.69, 9.17) is 4.74 Å². The SMILES string of the molecule is CC(C)Oc1ccccc1N(CCNC(=O)c1ccccc1F)S(C)(=O)=O. The Bertz CT molecular complexity index is 900. The molecule has 0 bridgehead atoms. The molecular weight excluding hydrogens is 371 g/mol. The molecule has 0 saturated heterocycles. The first-order chi connectivity index (χ1) is 12.7.